The van der Waals surface area contributed by atoms with Crippen molar-refractivity contribution in [3.63, 3.8) is 0 Å². The molecule has 0 bridgehead atoms. The molecule has 1 unspecified atom stereocenters. The minimum absolute atomic E-state index is 0. The zero-order chi connectivity index (χ0) is 10.4. The van der Waals surface area contributed by atoms with Crippen LogP contribution in [-0.2, 0) is 6.42 Å². The van der Waals surface area contributed by atoms with Crippen LogP contribution in [0.5, 0.6) is 0 Å². The molecule has 0 saturated heterocycles. The molecule has 0 N–H and O–H groups in total. The molecule has 1 atom stereocenters. The van der Waals surface area contributed by atoms with Crippen LogP contribution < -0.4 is 0 Å². The molecule has 0 saturated carbocycles. The van der Waals surface area contributed by atoms with E-state index in [1.807, 2.05) is 0 Å². The van der Waals surface area contributed by atoms with Crippen LogP contribution in [0.25, 0.3) is 0 Å². The summed E-state index contributed by atoms with van der Waals surface area (Å²) in [5.41, 5.74) is 2.42. The smallest absolute Gasteiger partial charge is 0.0174 e. The predicted molar refractivity (Wildman–Crippen MR) is 77.9 cm³/mol. The molecule has 0 aliphatic carbocycles. The summed E-state index contributed by atoms with van der Waals surface area (Å²) >= 11 is 0. The predicted octanol–water partition coefficient (Wildman–Crippen LogP) is 4.72. The second-order valence-corrected chi connectivity index (χ2v) is 6.75. The van der Waals surface area contributed by atoms with Crippen LogP contribution in [0.15, 0.2) is 30.3 Å². The summed E-state index contributed by atoms with van der Waals surface area (Å²) in [5, 5.41) is 0. The van der Waals surface area contributed by atoms with E-state index in [-0.39, 0.29) is 24.9 Å². The highest BCUT2D eigenvalue weighted by Crippen LogP contribution is 2.37. The first kappa shape index (κ1) is 15.1. The third kappa shape index (κ3) is 5.68. The van der Waals surface area contributed by atoms with E-state index >= 15 is 0 Å². The zero-order valence-electron chi connectivity index (χ0n) is 9.94. The number of halogens is 1. The van der Waals surface area contributed by atoms with E-state index in [9.17, 15) is 0 Å². The molecule has 15 heavy (non-hydrogen) atoms. The summed E-state index contributed by atoms with van der Waals surface area (Å²) in [6.45, 7) is 7.09. The van der Waals surface area contributed by atoms with Gasteiger partial charge in [0.15, 0.2) is 0 Å². The van der Waals surface area contributed by atoms with Gasteiger partial charge in [-0.05, 0) is 37.4 Å². The fraction of sp³-hybridized carbons (Fsp3) is 0.538. The van der Waals surface area contributed by atoms with Crippen LogP contribution >= 0.6 is 24.9 Å². The number of rotatable bonds is 5. The van der Waals surface area contributed by atoms with Crippen molar-refractivity contribution in [2.45, 2.75) is 31.8 Å². The van der Waals surface area contributed by atoms with Crippen LogP contribution in [0.1, 0.15) is 25.3 Å². The van der Waals surface area contributed by atoms with Crippen LogP contribution in [0.2, 0.25) is 0 Å². The maximum Gasteiger partial charge on any atom is -0.0174 e. The van der Waals surface area contributed by atoms with E-state index in [1.165, 1.54) is 24.8 Å². The van der Waals surface area contributed by atoms with Crippen LogP contribution in [0, 0.1) is 0 Å². The Kier molecular flexibility index (Phi) is 8.37. The molecule has 0 spiro atoms. The lowest BCUT2D eigenvalue weighted by Crippen LogP contribution is -2.08. The lowest BCUT2D eigenvalue weighted by atomic mass is 10.1. The molecule has 1 rings (SSSR count). The van der Waals surface area contributed by atoms with Gasteiger partial charge in [0.2, 0.25) is 0 Å². The molecule has 0 amide bonds. The van der Waals surface area contributed by atoms with E-state index in [0.717, 1.165) is 5.66 Å². The summed E-state index contributed by atoms with van der Waals surface area (Å²) in [7, 11) is 0.207. The van der Waals surface area contributed by atoms with Crippen molar-refractivity contribution in [2.24, 2.45) is 0 Å². The number of hydrogen-bond acceptors (Lipinski definition) is 0. The molecule has 1 aromatic rings. The highest BCUT2D eigenvalue weighted by atomic mass is 79.9. The Hall–Kier alpha value is 0.130. The van der Waals surface area contributed by atoms with Gasteiger partial charge in [-0.25, -0.2) is 0 Å². The van der Waals surface area contributed by atoms with Crippen molar-refractivity contribution in [3.8, 4) is 0 Å². The Balaban J connectivity index is 0.00000196. The van der Waals surface area contributed by atoms with Crippen molar-refractivity contribution in [1.29, 1.82) is 0 Å². The summed E-state index contributed by atoms with van der Waals surface area (Å²) in [5.74, 6) is 0. The maximum absolute atomic E-state index is 2.40. The quantitative estimate of drug-likeness (QED) is 0.688. The number of hydrogen-bond donors (Lipinski definition) is 0. The number of benzene rings is 1. The largest absolute Gasteiger partial charge is 0.114 e. The molecule has 0 aliphatic heterocycles. The molecular weight excluding hydrogens is 267 g/mol. The molecule has 1 aromatic carbocycles. The first-order valence-corrected chi connectivity index (χ1v) is 7.75. The standard InChI is InChI=1S/C13H21P.BrH/c1-4-8-13(14(2)3)11-12-9-6-5-7-10-12;/h5-7,9-10,13H,4,8,11H2,1-3H3;1H. The van der Waals surface area contributed by atoms with Gasteiger partial charge in [-0.15, -0.1) is 24.9 Å². The normalized spacial score (nSPS) is 12.3. The van der Waals surface area contributed by atoms with Gasteiger partial charge in [-0.3, -0.25) is 0 Å². The van der Waals surface area contributed by atoms with Gasteiger partial charge < -0.3 is 0 Å². The minimum atomic E-state index is 0. The van der Waals surface area contributed by atoms with Crippen LogP contribution in [-0.4, -0.2) is 19.0 Å². The molecule has 0 fully saturated rings. The average molecular weight is 289 g/mol. The van der Waals surface area contributed by atoms with Gasteiger partial charge in [0.05, 0.1) is 0 Å². The van der Waals surface area contributed by atoms with E-state index in [1.54, 1.807) is 0 Å². The lowest BCUT2D eigenvalue weighted by molar-refractivity contribution is 0.727. The van der Waals surface area contributed by atoms with E-state index < -0.39 is 0 Å². The van der Waals surface area contributed by atoms with Crippen molar-refractivity contribution in [3.05, 3.63) is 35.9 Å². The van der Waals surface area contributed by atoms with Gasteiger partial charge in [0, 0.05) is 0 Å². The van der Waals surface area contributed by atoms with E-state index in [0.29, 0.717) is 0 Å². The van der Waals surface area contributed by atoms with Gasteiger partial charge in [-0.2, -0.15) is 0 Å². The first-order chi connectivity index (χ1) is 6.74. The zero-order valence-corrected chi connectivity index (χ0v) is 12.5. The second-order valence-electron chi connectivity index (χ2n) is 4.10. The van der Waals surface area contributed by atoms with Crippen molar-refractivity contribution in [2.75, 3.05) is 13.3 Å². The summed E-state index contributed by atoms with van der Waals surface area (Å²) in [6, 6.07) is 10.9. The average Bonchev–Trinajstić information content (AvgIpc) is 2.18. The molecule has 0 aromatic heterocycles. The summed E-state index contributed by atoms with van der Waals surface area (Å²) in [6.07, 6.45) is 3.97. The summed E-state index contributed by atoms with van der Waals surface area (Å²) < 4.78 is 0. The third-order valence-corrected chi connectivity index (χ3v) is 4.57. The van der Waals surface area contributed by atoms with Gasteiger partial charge in [0.1, 0.15) is 0 Å². The molecule has 2 heteroatoms. The Bertz CT molecular complexity index is 246. The van der Waals surface area contributed by atoms with Gasteiger partial charge >= 0.3 is 0 Å². The Morgan fingerprint density at radius 3 is 2.20 bits per heavy atom. The summed E-state index contributed by atoms with van der Waals surface area (Å²) in [4.78, 5) is 0. The molecule has 86 valence electrons. The SMILES string of the molecule is Br.CCCC(Cc1ccccc1)P(C)C. The van der Waals surface area contributed by atoms with Crippen LogP contribution in [0.3, 0.4) is 0 Å². The monoisotopic (exact) mass is 288 g/mol. The Morgan fingerprint density at radius 1 is 1.13 bits per heavy atom. The van der Waals surface area contributed by atoms with E-state index in [4.69, 9.17) is 0 Å². The Morgan fingerprint density at radius 2 is 1.73 bits per heavy atom. The Labute approximate surface area is 106 Å². The van der Waals surface area contributed by atoms with Crippen molar-refractivity contribution >= 4 is 24.9 Å². The van der Waals surface area contributed by atoms with Crippen molar-refractivity contribution in [1.82, 2.24) is 0 Å². The van der Waals surface area contributed by atoms with Gasteiger partial charge in [0.25, 0.3) is 0 Å². The minimum Gasteiger partial charge on any atom is -0.114 e. The molecule has 0 heterocycles. The second kappa shape index (κ2) is 8.30. The fourth-order valence-electron chi connectivity index (χ4n) is 1.76. The first-order valence-electron chi connectivity index (χ1n) is 5.44. The van der Waals surface area contributed by atoms with E-state index in [2.05, 4.69) is 50.6 Å². The maximum atomic E-state index is 2.40. The molecule has 0 nitrogen and oxygen atoms in total. The molecule has 0 radical (unpaired) electrons. The van der Waals surface area contributed by atoms with Crippen molar-refractivity contribution < 1.29 is 0 Å². The lowest BCUT2D eigenvalue weighted by Gasteiger charge is -2.20. The third-order valence-electron chi connectivity index (χ3n) is 2.67. The highest BCUT2D eigenvalue weighted by Gasteiger charge is 2.11. The van der Waals surface area contributed by atoms with Crippen LogP contribution in [0.4, 0.5) is 0 Å². The molecular formula is C13H22BrP. The molecule has 0 aliphatic rings. The fourth-order valence-corrected chi connectivity index (χ4v) is 3.11. The van der Waals surface area contributed by atoms with Gasteiger partial charge in [-0.1, -0.05) is 43.7 Å². The highest BCUT2D eigenvalue weighted by molar-refractivity contribution is 8.93. The topological polar surface area (TPSA) is 0 Å².